The van der Waals surface area contributed by atoms with E-state index in [0.717, 1.165) is 5.56 Å². The standard InChI is InChI=1S/C11H18N4O/c1-4-5-12-11(16)9(2)13-6-10-7-14-15(3)8-10/h4,7-9,13H,1,5-6H2,2-3H3,(H,12,16). The summed E-state index contributed by atoms with van der Waals surface area (Å²) in [7, 11) is 1.86. The fourth-order valence-corrected chi connectivity index (χ4v) is 1.25. The first-order chi connectivity index (χ1) is 7.63. The van der Waals surface area contributed by atoms with Gasteiger partial charge in [-0.05, 0) is 6.92 Å². The molecular weight excluding hydrogens is 204 g/mol. The van der Waals surface area contributed by atoms with Gasteiger partial charge in [-0.3, -0.25) is 9.48 Å². The van der Waals surface area contributed by atoms with Gasteiger partial charge < -0.3 is 10.6 Å². The van der Waals surface area contributed by atoms with Gasteiger partial charge in [0.05, 0.1) is 12.2 Å². The summed E-state index contributed by atoms with van der Waals surface area (Å²) in [6.45, 7) is 6.50. The van der Waals surface area contributed by atoms with Gasteiger partial charge in [-0.1, -0.05) is 6.08 Å². The van der Waals surface area contributed by atoms with Gasteiger partial charge in [-0.15, -0.1) is 6.58 Å². The molecule has 5 nitrogen and oxygen atoms in total. The second-order valence-electron chi connectivity index (χ2n) is 3.66. The van der Waals surface area contributed by atoms with Crippen molar-refractivity contribution in [3.8, 4) is 0 Å². The predicted octanol–water partition coefficient (Wildman–Crippen LogP) is 0.200. The van der Waals surface area contributed by atoms with Crippen molar-refractivity contribution >= 4 is 5.91 Å². The SMILES string of the molecule is C=CCNC(=O)C(C)NCc1cnn(C)c1. The highest BCUT2D eigenvalue weighted by Crippen LogP contribution is 1.96. The first-order valence-corrected chi connectivity index (χ1v) is 5.23. The Morgan fingerprint density at radius 3 is 3.06 bits per heavy atom. The quantitative estimate of drug-likeness (QED) is 0.676. The molecule has 1 aromatic rings. The van der Waals surface area contributed by atoms with E-state index in [1.54, 1.807) is 17.0 Å². The van der Waals surface area contributed by atoms with Crippen molar-refractivity contribution in [3.05, 3.63) is 30.6 Å². The molecule has 0 radical (unpaired) electrons. The van der Waals surface area contributed by atoms with E-state index in [1.165, 1.54) is 0 Å². The third-order valence-electron chi connectivity index (χ3n) is 2.18. The topological polar surface area (TPSA) is 59.0 Å². The Morgan fingerprint density at radius 1 is 1.75 bits per heavy atom. The average Bonchev–Trinajstić information content (AvgIpc) is 2.68. The number of carbonyl (C=O) groups excluding carboxylic acids is 1. The third kappa shape index (κ3) is 3.86. The zero-order chi connectivity index (χ0) is 12.0. The molecule has 0 fully saturated rings. The summed E-state index contributed by atoms with van der Waals surface area (Å²) in [6.07, 6.45) is 5.36. The van der Waals surface area contributed by atoms with E-state index in [-0.39, 0.29) is 11.9 Å². The Morgan fingerprint density at radius 2 is 2.50 bits per heavy atom. The number of nitrogens with zero attached hydrogens (tertiary/aromatic N) is 2. The minimum atomic E-state index is -0.222. The number of hydrogen-bond acceptors (Lipinski definition) is 3. The molecule has 0 aliphatic heterocycles. The summed E-state index contributed by atoms with van der Waals surface area (Å²) in [4.78, 5) is 11.5. The number of nitrogens with one attached hydrogen (secondary N) is 2. The highest BCUT2D eigenvalue weighted by molar-refractivity contribution is 5.81. The highest BCUT2D eigenvalue weighted by Gasteiger charge is 2.10. The largest absolute Gasteiger partial charge is 0.351 e. The van der Waals surface area contributed by atoms with Crippen LogP contribution in [-0.4, -0.2) is 28.3 Å². The molecule has 0 bridgehead atoms. The molecule has 0 aliphatic rings. The molecule has 2 N–H and O–H groups in total. The second-order valence-corrected chi connectivity index (χ2v) is 3.66. The molecular formula is C11H18N4O. The van der Waals surface area contributed by atoms with Crippen LogP contribution in [0.3, 0.4) is 0 Å². The zero-order valence-electron chi connectivity index (χ0n) is 9.73. The molecule has 1 atom stereocenters. The van der Waals surface area contributed by atoms with Crippen molar-refractivity contribution in [2.45, 2.75) is 19.5 Å². The van der Waals surface area contributed by atoms with Gasteiger partial charge in [0.2, 0.25) is 5.91 Å². The van der Waals surface area contributed by atoms with E-state index in [9.17, 15) is 4.79 Å². The molecule has 1 amide bonds. The molecule has 1 heterocycles. The lowest BCUT2D eigenvalue weighted by Gasteiger charge is -2.12. The van der Waals surface area contributed by atoms with Crippen LogP contribution in [0, 0.1) is 0 Å². The lowest BCUT2D eigenvalue weighted by Crippen LogP contribution is -2.41. The summed E-state index contributed by atoms with van der Waals surface area (Å²) in [5.74, 6) is -0.0243. The molecule has 1 unspecified atom stereocenters. The van der Waals surface area contributed by atoms with Gasteiger partial charge in [0.1, 0.15) is 0 Å². The minimum absolute atomic E-state index is 0.0243. The molecule has 5 heteroatoms. The van der Waals surface area contributed by atoms with Crippen LogP contribution in [0.4, 0.5) is 0 Å². The Balaban J connectivity index is 2.31. The Kier molecular flexibility index (Phi) is 4.72. The second kappa shape index (κ2) is 6.07. The van der Waals surface area contributed by atoms with E-state index in [1.807, 2.05) is 20.2 Å². The molecule has 0 aromatic carbocycles. The van der Waals surface area contributed by atoms with Crippen molar-refractivity contribution in [2.24, 2.45) is 7.05 Å². The third-order valence-corrected chi connectivity index (χ3v) is 2.18. The normalized spacial score (nSPS) is 12.1. The highest BCUT2D eigenvalue weighted by atomic mass is 16.2. The Hall–Kier alpha value is -1.62. The van der Waals surface area contributed by atoms with Crippen LogP contribution >= 0.6 is 0 Å². The lowest BCUT2D eigenvalue weighted by molar-refractivity contribution is -0.122. The maximum Gasteiger partial charge on any atom is 0.237 e. The molecule has 0 aliphatic carbocycles. The van der Waals surface area contributed by atoms with Crippen LogP contribution in [0.25, 0.3) is 0 Å². The molecule has 0 spiro atoms. The van der Waals surface area contributed by atoms with Gasteiger partial charge >= 0.3 is 0 Å². The van der Waals surface area contributed by atoms with Crippen LogP contribution in [0.15, 0.2) is 25.0 Å². The van der Waals surface area contributed by atoms with Crippen molar-refractivity contribution < 1.29 is 4.79 Å². The van der Waals surface area contributed by atoms with Gasteiger partial charge in [0.25, 0.3) is 0 Å². The number of amides is 1. The van der Waals surface area contributed by atoms with Crippen LogP contribution in [0.5, 0.6) is 0 Å². The molecule has 1 aromatic heterocycles. The van der Waals surface area contributed by atoms with E-state index in [4.69, 9.17) is 0 Å². The smallest absolute Gasteiger partial charge is 0.237 e. The minimum Gasteiger partial charge on any atom is -0.351 e. The van der Waals surface area contributed by atoms with Gasteiger partial charge in [0, 0.05) is 31.9 Å². The summed E-state index contributed by atoms with van der Waals surface area (Å²) in [5, 5.41) is 9.91. The number of rotatable bonds is 6. The maximum absolute atomic E-state index is 11.5. The van der Waals surface area contributed by atoms with E-state index in [0.29, 0.717) is 13.1 Å². The zero-order valence-corrected chi connectivity index (χ0v) is 9.73. The van der Waals surface area contributed by atoms with E-state index in [2.05, 4.69) is 22.3 Å². The molecule has 1 rings (SSSR count). The first kappa shape index (κ1) is 12.4. The fraction of sp³-hybridized carbons (Fsp3) is 0.455. The first-order valence-electron chi connectivity index (χ1n) is 5.23. The summed E-state index contributed by atoms with van der Waals surface area (Å²) in [6, 6.07) is -0.222. The van der Waals surface area contributed by atoms with Crippen LogP contribution in [-0.2, 0) is 18.4 Å². The number of aryl methyl sites for hydroxylation is 1. The van der Waals surface area contributed by atoms with Crippen molar-refractivity contribution in [1.29, 1.82) is 0 Å². The van der Waals surface area contributed by atoms with E-state index >= 15 is 0 Å². The van der Waals surface area contributed by atoms with Gasteiger partial charge in [-0.2, -0.15) is 5.10 Å². The lowest BCUT2D eigenvalue weighted by atomic mass is 10.3. The average molecular weight is 222 g/mol. The summed E-state index contributed by atoms with van der Waals surface area (Å²) in [5.41, 5.74) is 1.06. The monoisotopic (exact) mass is 222 g/mol. The van der Waals surface area contributed by atoms with Crippen molar-refractivity contribution in [1.82, 2.24) is 20.4 Å². The summed E-state index contributed by atoms with van der Waals surface area (Å²) >= 11 is 0. The van der Waals surface area contributed by atoms with Crippen LogP contribution in [0.1, 0.15) is 12.5 Å². The molecule has 88 valence electrons. The fourth-order valence-electron chi connectivity index (χ4n) is 1.25. The number of carbonyl (C=O) groups is 1. The van der Waals surface area contributed by atoms with Gasteiger partial charge in [-0.25, -0.2) is 0 Å². The van der Waals surface area contributed by atoms with Crippen molar-refractivity contribution in [2.75, 3.05) is 6.54 Å². The Labute approximate surface area is 95.5 Å². The van der Waals surface area contributed by atoms with Crippen LogP contribution in [0.2, 0.25) is 0 Å². The number of aromatic nitrogens is 2. The maximum atomic E-state index is 11.5. The summed E-state index contributed by atoms with van der Waals surface area (Å²) < 4.78 is 1.74. The number of hydrogen-bond donors (Lipinski definition) is 2. The molecule has 16 heavy (non-hydrogen) atoms. The van der Waals surface area contributed by atoms with Gasteiger partial charge in [0.15, 0.2) is 0 Å². The predicted molar refractivity (Wildman–Crippen MR) is 62.7 cm³/mol. The molecule has 0 saturated heterocycles. The molecule has 0 saturated carbocycles. The Bertz CT molecular complexity index is 359. The van der Waals surface area contributed by atoms with Crippen molar-refractivity contribution in [3.63, 3.8) is 0 Å². The van der Waals surface area contributed by atoms with E-state index < -0.39 is 0 Å². The van der Waals surface area contributed by atoms with Crippen LogP contribution < -0.4 is 10.6 Å².